The molecule has 5 heteroatoms. The number of piperidine rings is 1. The van der Waals surface area contributed by atoms with Crippen molar-refractivity contribution in [3.8, 4) is 0 Å². The molecule has 0 radical (unpaired) electrons. The van der Waals surface area contributed by atoms with Crippen molar-refractivity contribution < 1.29 is 9.18 Å². The van der Waals surface area contributed by atoms with Crippen LogP contribution in [-0.2, 0) is 0 Å². The first-order valence-electron chi connectivity index (χ1n) is 9.02. The predicted molar refractivity (Wildman–Crippen MR) is 93.7 cm³/mol. The summed E-state index contributed by atoms with van der Waals surface area (Å²) in [7, 11) is 2.22. The summed E-state index contributed by atoms with van der Waals surface area (Å²) < 4.78 is 13.5. The number of amides is 1. The summed E-state index contributed by atoms with van der Waals surface area (Å²) in [4.78, 5) is 19.5. The lowest BCUT2D eigenvalue weighted by Gasteiger charge is -2.40. The number of likely N-dealkylation sites (tertiary alicyclic amines) is 1. The van der Waals surface area contributed by atoms with Gasteiger partial charge in [-0.15, -0.1) is 0 Å². The number of aryl methyl sites for hydroxylation is 1. The van der Waals surface area contributed by atoms with Crippen molar-refractivity contribution in [1.82, 2.24) is 14.7 Å². The highest BCUT2D eigenvalue weighted by Gasteiger charge is 2.26. The Hall–Kier alpha value is -1.46. The van der Waals surface area contributed by atoms with Gasteiger partial charge < -0.3 is 9.80 Å². The van der Waals surface area contributed by atoms with E-state index in [9.17, 15) is 9.18 Å². The van der Waals surface area contributed by atoms with Crippen LogP contribution in [0.2, 0.25) is 0 Å². The zero-order valence-electron chi connectivity index (χ0n) is 14.8. The molecule has 0 bridgehead atoms. The molecule has 0 aromatic heterocycles. The SMILES string of the molecule is Cc1ccc(F)cc1C(=O)N1CCN(C[C@H]2CCCCN2C)CC1. The maximum atomic E-state index is 13.5. The number of nitrogens with zero attached hydrogens (tertiary/aromatic N) is 3. The second-order valence-corrected chi connectivity index (χ2v) is 7.18. The lowest BCUT2D eigenvalue weighted by atomic mass is 10.0. The van der Waals surface area contributed by atoms with Gasteiger partial charge in [-0.2, -0.15) is 0 Å². The first kappa shape index (κ1) is 17.4. The average Bonchev–Trinajstić information content (AvgIpc) is 2.59. The van der Waals surface area contributed by atoms with Crippen molar-refractivity contribution in [3.63, 3.8) is 0 Å². The van der Waals surface area contributed by atoms with Crippen LogP contribution in [0.15, 0.2) is 18.2 Å². The molecule has 2 saturated heterocycles. The lowest BCUT2D eigenvalue weighted by molar-refractivity contribution is 0.0564. The van der Waals surface area contributed by atoms with E-state index < -0.39 is 0 Å². The fourth-order valence-corrected chi connectivity index (χ4v) is 3.80. The van der Waals surface area contributed by atoms with Crippen LogP contribution in [0.25, 0.3) is 0 Å². The molecular formula is C19H28FN3O. The molecule has 0 unspecified atom stereocenters. The minimum atomic E-state index is -0.345. The molecule has 0 spiro atoms. The number of carbonyl (C=O) groups excluding carboxylic acids is 1. The Morgan fingerprint density at radius 2 is 1.92 bits per heavy atom. The third-order valence-electron chi connectivity index (χ3n) is 5.48. The quantitative estimate of drug-likeness (QED) is 0.850. The lowest BCUT2D eigenvalue weighted by Crippen LogP contribution is -2.53. The Balaban J connectivity index is 1.54. The zero-order chi connectivity index (χ0) is 17.1. The van der Waals surface area contributed by atoms with Gasteiger partial charge in [0.25, 0.3) is 5.91 Å². The molecule has 2 heterocycles. The van der Waals surface area contributed by atoms with E-state index in [0.29, 0.717) is 11.6 Å². The van der Waals surface area contributed by atoms with Crippen molar-refractivity contribution in [2.75, 3.05) is 46.3 Å². The Labute approximate surface area is 144 Å². The van der Waals surface area contributed by atoms with Crippen LogP contribution < -0.4 is 0 Å². The van der Waals surface area contributed by atoms with E-state index in [1.807, 2.05) is 11.8 Å². The Kier molecular flexibility index (Phi) is 5.51. The van der Waals surface area contributed by atoms with Gasteiger partial charge in [0, 0.05) is 44.3 Å². The molecule has 1 aromatic rings. The number of carbonyl (C=O) groups is 1. The van der Waals surface area contributed by atoms with Crippen LogP contribution in [0.1, 0.15) is 35.2 Å². The molecule has 1 amide bonds. The molecule has 3 rings (SSSR count). The summed E-state index contributed by atoms with van der Waals surface area (Å²) in [5.41, 5.74) is 1.34. The van der Waals surface area contributed by atoms with Crippen molar-refractivity contribution in [2.45, 2.75) is 32.2 Å². The van der Waals surface area contributed by atoms with E-state index in [-0.39, 0.29) is 11.7 Å². The number of likely N-dealkylation sites (N-methyl/N-ethyl adjacent to an activating group) is 1. The molecule has 0 saturated carbocycles. The molecule has 2 aliphatic rings. The van der Waals surface area contributed by atoms with Gasteiger partial charge >= 0.3 is 0 Å². The Bertz CT molecular complexity index is 584. The van der Waals surface area contributed by atoms with Gasteiger partial charge in [-0.25, -0.2) is 4.39 Å². The number of rotatable bonds is 3. The molecule has 0 aliphatic carbocycles. The fraction of sp³-hybridized carbons (Fsp3) is 0.632. The van der Waals surface area contributed by atoms with Crippen LogP contribution >= 0.6 is 0 Å². The molecule has 0 N–H and O–H groups in total. The van der Waals surface area contributed by atoms with E-state index >= 15 is 0 Å². The molecule has 2 fully saturated rings. The number of halogens is 1. The highest BCUT2D eigenvalue weighted by molar-refractivity contribution is 5.95. The van der Waals surface area contributed by atoms with Crippen LogP contribution in [-0.4, -0.2) is 73.0 Å². The maximum Gasteiger partial charge on any atom is 0.254 e. The van der Waals surface area contributed by atoms with Gasteiger partial charge in [-0.1, -0.05) is 12.5 Å². The zero-order valence-corrected chi connectivity index (χ0v) is 14.8. The van der Waals surface area contributed by atoms with Gasteiger partial charge in [-0.3, -0.25) is 9.69 Å². The summed E-state index contributed by atoms with van der Waals surface area (Å²) >= 11 is 0. The number of benzene rings is 1. The normalized spacial score (nSPS) is 23.5. The molecule has 24 heavy (non-hydrogen) atoms. The summed E-state index contributed by atoms with van der Waals surface area (Å²) in [6, 6.07) is 5.09. The third-order valence-corrected chi connectivity index (χ3v) is 5.48. The molecule has 132 valence electrons. The molecule has 1 aromatic carbocycles. The smallest absolute Gasteiger partial charge is 0.254 e. The highest BCUT2D eigenvalue weighted by Crippen LogP contribution is 2.18. The summed E-state index contributed by atoms with van der Waals surface area (Å²) in [5.74, 6) is -0.385. The summed E-state index contributed by atoms with van der Waals surface area (Å²) in [5, 5.41) is 0. The van der Waals surface area contributed by atoms with E-state index in [2.05, 4.69) is 16.8 Å². The largest absolute Gasteiger partial charge is 0.336 e. The summed E-state index contributed by atoms with van der Waals surface area (Å²) in [6.07, 6.45) is 3.91. The molecular weight excluding hydrogens is 305 g/mol. The minimum absolute atomic E-state index is 0.0403. The predicted octanol–water partition coefficient (Wildman–Crippen LogP) is 2.38. The second kappa shape index (κ2) is 7.62. The van der Waals surface area contributed by atoms with Gasteiger partial charge in [0.05, 0.1) is 0 Å². The van der Waals surface area contributed by atoms with Crippen molar-refractivity contribution >= 4 is 5.91 Å². The standard InChI is InChI=1S/C19H28FN3O/c1-15-6-7-16(20)13-18(15)19(24)23-11-9-22(10-12-23)14-17-5-3-4-8-21(17)2/h6-7,13,17H,3-5,8-12,14H2,1-2H3/t17-/m1/s1. The highest BCUT2D eigenvalue weighted by atomic mass is 19.1. The van der Waals surface area contributed by atoms with Crippen LogP contribution in [0, 0.1) is 12.7 Å². The van der Waals surface area contributed by atoms with E-state index in [4.69, 9.17) is 0 Å². The third kappa shape index (κ3) is 3.95. The van der Waals surface area contributed by atoms with Gasteiger partial charge in [0.2, 0.25) is 0 Å². The Morgan fingerprint density at radius 1 is 1.17 bits per heavy atom. The second-order valence-electron chi connectivity index (χ2n) is 7.18. The monoisotopic (exact) mass is 333 g/mol. The molecule has 2 aliphatic heterocycles. The summed E-state index contributed by atoms with van der Waals surface area (Å²) in [6.45, 7) is 7.42. The topological polar surface area (TPSA) is 26.8 Å². The van der Waals surface area contributed by atoms with Gasteiger partial charge in [-0.05, 0) is 51.1 Å². The first-order chi connectivity index (χ1) is 11.5. The molecule has 1 atom stereocenters. The first-order valence-corrected chi connectivity index (χ1v) is 9.02. The maximum absolute atomic E-state index is 13.5. The number of piperazine rings is 1. The van der Waals surface area contributed by atoms with Crippen molar-refractivity contribution in [2.24, 2.45) is 0 Å². The molecule has 4 nitrogen and oxygen atoms in total. The van der Waals surface area contributed by atoms with E-state index in [0.717, 1.165) is 38.3 Å². The Morgan fingerprint density at radius 3 is 2.62 bits per heavy atom. The average molecular weight is 333 g/mol. The van der Waals surface area contributed by atoms with Gasteiger partial charge in [0.1, 0.15) is 5.82 Å². The minimum Gasteiger partial charge on any atom is -0.336 e. The van der Waals surface area contributed by atoms with E-state index in [1.165, 1.54) is 37.9 Å². The van der Waals surface area contributed by atoms with Crippen molar-refractivity contribution in [3.05, 3.63) is 35.1 Å². The van der Waals surface area contributed by atoms with Crippen LogP contribution in [0.4, 0.5) is 4.39 Å². The number of hydrogen-bond donors (Lipinski definition) is 0. The van der Waals surface area contributed by atoms with Crippen LogP contribution in [0.5, 0.6) is 0 Å². The fourth-order valence-electron chi connectivity index (χ4n) is 3.80. The van der Waals surface area contributed by atoms with E-state index in [1.54, 1.807) is 6.07 Å². The van der Waals surface area contributed by atoms with Gasteiger partial charge in [0.15, 0.2) is 0 Å². The number of hydrogen-bond acceptors (Lipinski definition) is 3. The van der Waals surface area contributed by atoms with Crippen molar-refractivity contribution in [1.29, 1.82) is 0 Å². The van der Waals surface area contributed by atoms with Crippen LogP contribution in [0.3, 0.4) is 0 Å².